The van der Waals surface area contributed by atoms with E-state index in [9.17, 15) is 9.59 Å². The molecule has 2 amide bonds. The minimum absolute atomic E-state index is 0. The monoisotopic (exact) mass is 831 g/mol. The molecule has 4 fully saturated rings. The van der Waals surface area contributed by atoms with Gasteiger partial charge in [-0.1, -0.05) is 42.5 Å². The molecule has 10 rings (SSSR count). The molecule has 5 atom stereocenters. The standard InChI is InChI=1S/C43H45N7O4.3ClH/c1-53-43(52)49-38(24-14-17-54-18-15-24)42(51)50-16-2-3-36(50)40-46-34-13-10-29-20-28(9-12-33(29)39(34)48-40)25-4-5-27-21-30(7-6-26(27)19-25)35-23-44-41(47-35)37-31-8-11-32(22-31)45-37;;;/h4-7,9-10,12-13,19-21,23-24,31-32,36-38,45H,2-3,8,11,14-18,22H2,1H3,(H,44,47)(H,46,48)(H,49,52);3*1H/t31-,32+,36-,37-,38-;;;/m0.../s1. The summed E-state index contributed by atoms with van der Waals surface area (Å²) in [6.45, 7) is 1.77. The number of imidazole rings is 2. The molecule has 11 nitrogen and oxygen atoms in total. The Morgan fingerprint density at radius 1 is 0.842 bits per heavy atom. The minimum Gasteiger partial charge on any atom is -0.453 e. The third-order valence-corrected chi connectivity index (χ3v) is 12.5. The average Bonchev–Trinajstić information content (AvgIpc) is 4.07. The van der Waals surface area contributed by atoms with E-state index in [0.717, 1.165) is 68.7 Å². The summed E-state index contributed by atoms with van der Waals surface area (Å²) in [5.41, 5.74) is 6.34. The van der Waals surface area contributed by atoms with Gasteiger partial charge in [-0.25, -0.2) is 14.8 Å². The van der Waals surface area contributed by atoms with Crippen LogP contribution in [0.5, 0.6) is 0 Å². The molecule has 1 saturated carbocycles. The summed E-state index contributed by atoms with van der Waals surface area (Å²) in [6, 6.07) is 24.2. The van der Waals surface area contributed by atoms with Gasteiger partial charge in [-0.15, -0.1) is 37.2 Å². The number of rotatable bonds is 7. The van der Waals surface area contributed by atoms with Crippen molar-refractivity contribution < 1.29 is 19.1 Å². The van der Waals surface area contributed by atoms with Crippen LogP contribution in [0.1, 0.15) is 68.7 Å². The molecule has 4 N–H and O–H groups in total. The van der Waals surface area contributed by atoms with E-state index >= 15 is 0 Å². The van der Waals surface area contributed by atoms with E-state index in [1.165, 1.54) is 37.1 Å². The van der Waals surface area contributed by atoms with Gasteiger partial charge >= 0.3 is 6.09 Å². The average molecular weight is 833 g/mol. The number of hydrogen-bond acceptors (Lipinski definition) is 7. The van der Waals surface area contributed by atoms with E-state index < -0.39 is 12.1 Å². The minimum atomic E-state index is -0.665. The van der Waals surface area contributed by atoms with Gasteiger partial charge in [-0.05, 0) is 108 Å². The van der Waals surface area contributed by atoms with Gasteiger partial charge in [0.05, 0.1) is 42.1 Å². The summed E-state index contributed by atoms with van der Waals surface area (Å²) in [6.07, 6.45) is 8.33. The number of aromatic amines is 2. The van der Waals surface area contributed by atoms with E-state index in [4.69, 9.17) is 19.4 Å². The first-order valence-corrected chi connectivity index (χ1v) is 19.5. The third-order valence-electron chi connectivity index (χ3n) is 12.5. The van der Waals surface area contributed by atoms with Crippen molar-refractivity contribution >= 4 is 81.8 Å². The number of fused-ring (bicyclic) bond motifs is 6. The van der Waals surface area contributed by atoms with Crippen LogP contribution >= 0.6 is 37.2 Å². The van der Waals surface area contributed by atoms with E-state index in [-0.39, 0.29) is 55.1 Å². The lowest BCUT2D eigenvalue weighted by Gasteiger charge is -2.34. The van der Waals surface area contributed by atoms with Gasteiger partial charge in [0.15, 0.2) is 0 Å². The summed E-state index contributed by atoms with van der Waals surface area (Å²) in [5.74, 6) is 2.44. The number of hydrogen-bond donors (Lipinski definition) is 4. The number of ether oxygens (including phenoxy) is 2. The molecule has 2 bridgehead atoms. The zero-order valence-electron chi connectivity index (χ0n) is 31.7. The second kappa shape index (κ2) is 16.8. The number of halogens is 3. The van der Waals surface area contributed by atoms with Crippen LogP contribution in [0.2, 0.25) is 0 Å². The molecule has 3 saturated heterocycles. The predicted octanol–water partition coefficient (Wildman–Crippen LogP) is 8.82. The quantitative estimate of drug-likeness (QED) is 0.126. The normalized spacial score (nSPS) is 22.2. The lowest BCUT2D eigenvalue weighted by Crippen LogP contribution is -2.53. The highest BCUT2D eigenvalue weighted by Gasteiger charge is 2.42. The fourth-order valence-corrected chi connectivity index (χ4v) is 9.67. The molecule has 3 aliphatic heterocycles. The van der Waals surface area contributed by atoms with E-state index in [0.29, 0.717) is 50.6 Å². The molecule has 57 heavy (non-hydrogen) atoms. The number of nitrogens with one attached hydrogen (secondary N) is 4. The van der Waals surface area contributed by atoms with Crippen molar-refractivity contribution in [1.29, 1.82) is 0 Å². The maximum absolute atomic E-state index is 14.1. The number of likely N-dealkylation sites (tertiary alicyclic amines) is 1. The SMILES string of the molecule is COC(=O)N[C@H](C(=O)N1CCC[C@H]1c1nc2c(ccc3cc(-c4ccc5cc(-c6cnc([C@H]7N[C@@H]8CC[C@H]7C8)[nH]6)ccc5c4)ccc32)[nH]1)C1CCOCC1.Cl.Cl.Cl. The number of H-pyrrole nitrogens is 2. The number of benzene rings is 4. The van der Waals surface area contributed by atoms with Gasteiger partial charge in [-0.3, -0.25) is 4.79 Å². The largest absolute Gasteiger partial charge is 0.453 e. The Balaban J connectivity index is 0.00000165. The Kier molecular flexibility index (Phi) is 12.0. The smallest absolute Gasteiger partial charge is 0.407 e. The van der Waals surface area contributed by atoms with E-state index in [1.807, 2.05) is 11.1 Å². The Morgan fingerprint density at radius 3 is 2.30 bits per heavy atom. The molecule has 4 aliphatic rings. The molecule has 0 spiro atoms. The number of aromatic nitrogens is 4. The summed E-state index contributed by atoms with van der Waals surface area (Å²) in [7, 11) is 1.33. The number of nitrogens with zero attached hydrogens (tertiary/aromatic N) is 3. The lowest BCUT2D eigenvalue weighted by atomic mass is 9.90. The van der Waals surface area contributed by atoms with Crippen LogP contribution in [-0.4, -0.2) is 75.8 Å². The molecule has 14 heteroatoms. The Hall–Kier alpha value is -4.39. The van der Waals surface area contributed by atoms with Gasteiger partial charge in [0, 0.05) is 36.8 Å². The van der Waals surface area contributed by atoms with Crippen LogP contribution in [0.15, 0.2) is 72.9 Å². The highest BCUT2D eigenvalue weighted by molar-refractivity contribution is 6.05. The van der Waals surface area contributed by atoms with Gasteiger partial charge in [0.2, 0.25) is 5.91 Å². The maximum atomic E-state index is 14.1. The molecule has 6 aromatic rings. The molecule has 4 aromatic carbocycles. The third kappa shape index (κ3) is 7.56. The van der Waals surface area contributed by atoms with Gasteiger partial charge in [0.25, 0.3) is 0 Å². The summed E-state index contributed by atoms with van der Waals surface area (Å²) >= 11 is 0. The molecule has 300 valence electrons. The van der Waals surface area contributed by atoms with Crippen LogP contribution in [0, 0.1) is 11.8 Å². The van der Waals surface area contributed by atoms with Crippen molar-refractivity contribution in [2.24, 2.45) is 11.8 Å². The molecule has 1 aliphatic carbocycles. The van der Waals surface area contributed by atoms with Crippen molar-refractivity contribution in [2.45, 2.75) is 69.1 Å². The van der Waals surface area contributed by atoms with Gasteiger partial charge in [0.1, 0.15) is 17.7 Å². The predicted molar refractivity (Wildman–Crippen MR) is 229 cm³/mol. The highest BCUT2D eigenvalue weighted by Crippen LogP contribution is 2.43. The first-order chi connectivity index (χ1) is 26.5. The molecular weight excluding hydrogens is 785 g/mol. The van der Waals surface area contributed by atoms with Gasteiger partial charge in [-0.2, -0.15) is 0 Å². The maximum Gasteiger partial charge on any atom is 0.407 e. The van der Waals surface area contributed by atoms with Gasteiger partial charge < -0.3 is 35.0 Å². The van der Waals surface area contributed by atoms with Crippen LogP contribution in [0.25, 0.3) is 55.0 Å². The Labute approximate surface area is 349 Å². The van der Waals surface area contributed by atoms with Crippen molar-refractivity contribution in [3.05, 3.63) is 84.6 Å². The topological polar surface area (TPSA) is 137 Å². The number of amides is 2. The van der Waals surface area contributed by atoms with Crippen molar-refractivity contribution in [3.63, 3.8) is 0 Å². The number of carbonyl (C=O) groups is 2. The molecular formula is C43H48Cl3N7O4. The number of piperidine rings is 1. The zero-order chi connectivity index (χ0) is 36.3. The molecule has 2 aromatic heterocycles. The molecule has 5 heterocycles. The fourth-order valence-electron chi connectivity index (χ4n) is 9.67. The van der Waals surface area contributed by atoms with Crippen LogP contribution in [-0.2, 0) is 14.3 Å². The first-order valence-electron chi connectivity index (χ1n) is 19.5. The van der Waals surface area contributed by atoms with Crippen molar-refractivity contribution in [3.8, 4) is 22.4 Å². The highest BCUT2D eigenvalue weighted by atomic mass is 35.5. The second-order valence-corrected chi connectivity index (χ2v) is 15.6. The first kappa shape index (κ1) is 40.8. The second-order valence-electron chi connectivity index (χ2n) is 15.6. The zero-order valence-corrected chi connectivity index (χ0v) is 34.1. The summed E-state index contributed by atoms with van der Waals surface area (Å²) in [4.78, 5) is 45.3. The number of methoxy groups -OCH3 is 1. The number of carbonyl (C=O) groups excluding carboxylic acids is 2. The van der Waals surface area contributed by atoms with Crippen molar-refractivity contribution in [1.82, 2.24) is 35.5 Å². The number of alkyl carbamates (subject to hydrolysis) is 1. The Morgan fingerprint density at radius 2 is 1.56 bits per heavy atom. The van der Waals surface area contributed by atoms with Crippen molar-refractivity contribution in [2.75, 3.05) is 26.9 Å². The summed E-state index contributed by atoms with van der Waals surface area (Å²) in [5, 5.41) is 11.1. The van der Waals surface area contributed by atoms with E-state index in [2.05, 4.69) is 87.3 Å². The van der Waals surface area contributed by atoms with Crippen LogP contribution in [0.4, 0.5) is 4.79 Å². The molecule has 0 unspecified atom stereocenters. The Bertz CT molecular complexity index is 2410. The summed E-state index contributed by atoms with van der Waals surface area (Å²) < 4.78 is 10.4. The van der Waals surface area contributed by atoms with Crippen LogP contribution in [0.3, 0.4) is 0 Å². The fraction of sp³-hybridized carbons (Fsp3) is 0.395. The van der Waals surface area contributed by atoms with Crippen LogP contribution < -0.4 is 10.6 Å². The van der Waals surface area contributed by atoms with E-state index in [1.54, 1.807) is 0 Å². The lowest BCUT2D eigenvalue weighted by molar-refractivity contribution is -0.136. The molecule has 0 radical (unpaired) electrons.